The van der Waals surface area contributed by atoms with Gasteiger partial charge >= 0.3 is 6.01 Å². The molecular weight excluding hydrogens is 238 g/mol. The molecule has 19 heavy (non-hydrogen) atoms. The lowest BCUT2D eigenvalue weighted by molar-refractivity contribution is 0.332. The lowest BCUT2D eigenvalue weighted by Gasteiger charge is -2.02. The van der Waals surface area contributed by atoms with Gasteiger partial charge in [-0.1, -0.05) is 36.4 Å². The fourth-order valence-corrected chi connectivity index (χ4v) is 1.53. The minimum absolute atomic E-state index is 0.231. The van der Waals surface area contributed by atoms with Crippen LogP contribution in [0.25, 0.3) is 6.08 Å². The molecule has 0 aliphatic carbocycles. The first-order chi connectivity index (χ1) is 9.28. The Morgan fingerprint density at radius 3 is 2.79 bits per heavy atom. The molecular formula is C15H13N3O. The zero-order valence-electron chi connectivity index (χ0n) is 10.6. The molecule has 0 aliphatic rings. The third-order valence-electron chi connectivity index (χ3n) is 2.37. The van der Waals surface area contributed by atoms with E-state index in [1.54, 1.807) is 13.0 Å². The van der Waals surface area contributed by atoms with Gasteiger partial charge < -0.3 is 4.74 Å². The van der Waals surface area contributed by atoms with Crippen molar-refractivity contribution in [3.8, 4) is 12.1 Å². The van der Waals surface area contributed by atoms with Crippen molar-refractivity contribution in [3.05, 3.63) is 59.4 Å². The number of rotatable bonds is 4. The Morgan fingerprint density at radius 2 is 2.05 bits per heavy atom. The van der Waals surface area contributed by atoms with Crippen molar-refractivity contribution in [2.24, 2.45) is 0 Å². The van der Waals surface area contributed by atoms with E-state index in [0.29, 0.717) is 18.0 Å². The fourth-order valence-electron chi connectivity index (χ4n) is 1.53. The molecule has 0 N–H and O–H groups in total. The predicted octanol–water partition coefficient (Wildman–Crippen LogP) is 2.75. The van der Waals surface area contributed by atoms with Gasteiger partial charge in [0.05, 0.1) is 0 Å². The Labute approximate surface area is 112 Å². The summed E-state index contributed by atoms with van der Waals surface area (Å²) in [6.07, 6.45) is 3.84. The monoisotopic (exact) mass is 251 g/mol. The zero-order valence-corrected chi connectivity index (χ0v) is 10.6. The molecule has 4 nitrogen and oxygen atoms in total. The average molecular weight is 251 g/mol. The van der Waals surface area contributed by atoms with E-state index in [2.05, 4.69) is 9.97 Å². The highest BCUT2D eigenvalue weighted by Gasteiger charge is 2.01. The van der Waals surface area contributed by atoms with Crippen LogP contribution in [-0.2, 0) is 0 Å². The van der Waals surface area contributed by atoms with Crippen LogP contribution in [0.1, 0.15) is 17.0 Å². The van der Waals surface area contributed by atoms with Gasteiger partial charge in [0, 0.05) is 5.69 Å². The molecule has 0 spiro atoms. The van der Waals surface area contributed by atoms with Gasteiger partial charge in [-0.3, -0.25) is 0 Å². The van der Waals surface area contributed by atoms with Crippen molar-refractivity contribution in [1.82, 2.24) is 9.97 Å². The first kappa shape index (κ1) is 12.8. The van der Waals surface area contributed by atoms with Crippen LogP contribution in [0, 0.1) is 18.3 Å². The minimum Gasteiger partial charge on any atom is -0.459 e. The van der Waals surface area contributed by atoms with E-state index in [1.165, 1.54) is 0 Å². The summed E-state index contributed by atoms with van der Waals surface area (Å²) in [5.41, 5.74) is 2.14. The first-order valence-corrected chi connectivity index (χ1v) is 5.88. The highest BCUT2D eigenvalue weighted by Crippen LogP contribution is 2.06. The van der Waals surface area contributed by atoms with E-state index in [-0.39, 0.29) is 6.01 Å². The number of nitriles is 1. The van der Waals surface area contributed by atoms with Crippen LogP contribution in [0.3, 0.4) is 0 Å². The average Bonchev–Trinajstić information content (AvgIpc) is 2.44. The molecule has 0 unspecified atom stereocenters. The van der Waals surface area contributed by atoms with Crippen LogP contribution in [-0.4, -0.2) is 16.6 Å². The molecule has 0 amide bonds. The van der Waals surface area contributed by atoms with E-state index in [1.807, 2.05) is 48.6 Å². The van der Waals surface area contributed by atoms with Crippen molar-refractivity contribution in [1.29, 1.82) is 5.26 Å². The Kier molecular flexibility index (Phi) is 4.25. The van der Waals surface area contributed by atoms with Gasteiger partial charge in [0.25, 0.3) is 0 Å². The largest absolute Gasteiger partial charge is 0.459 e. The summed E-state index contributed by atoms with van der Waals surface area (Å²) < 4.78 is 5.39. The van der Waals surface area contributed by atoms with Crippen molar-refractivity contribution in [2.45, 2.75) is 6.92 Å². The number of aromatic nitrogens is 2. The standard InChI is InChI=1S/C15H13N3O/c1-12-10-14(11-16)18-15(17-12)19-9-5-8-13-6-3-2-4-7-13/h2-8,10H,9H2,1H3/b8-5+. The van der Waals surface area contributed by atoms with Crippen LogP contribution in [0.4, 0.5) is 0 Å². The molecule has 0 radical (unpaired) electrons. The third-order valence-corrected chi connectivity index (χ3v) is 2.37. The number of ether oxygens (including phenoxy) is 1. The molecule has 2 aromatic rings. The second-order valence-corrected chi connectivity index (χ2v) is 3.91. The van der Waals surface area contributed by atoms with Gasteiger partial charge in [-0.15, -0.1) is 0 Å². The van der Waals surface area contributed by atoms with E-state index in [0.717, 1.165) is 5.56 Å². The van der Waals surface area contributed by atoms with E-state index < -0.39 is 0 Å². The van der Waals surface area contributed by atoms with E-state index in [9.17, 15) is 0 Å². The molecule has 1 heterocycles. The summed E-state index contributed by atoms with van der Waals surface area (Å²) in [6.45, 7) is 2.17. The van der Waals surface area contributed by atoms with Gasteiger partial charge in [0.15, 0.2) is 0 Å². The number of nitrogens with zero attached hydrogens (tertiary/aromatic N) is 3. The summed E-state index contributed by atoms with van der Waals surface area (Å²) in [5.74, 6) is 0. The van der Waals surface area contributed by atoms with Crippen molar-refractivity contribution >= 4 is 6.08 Å². The highest BCUT2D eigenvalue weighted by atomic mass is 16.5. The maximum Gasteiger partial charge on any atom is 0.318 e. The third kappa shape index (κ3) is 3.93. The second-order valence-electron chi connectivity index (χ2n) is 3.91. The van der Waals surface area contributed by atoms with Gasteiger partial charge in [-0.25, -0.2) is 4.98 Å². The zero-order chi connectivity index (χ0) is 13.5. The topological polar surface area (TPSA) is 58.8 Å². The van der Waals surface area contributed by atoms with Crippen LogP contribution in [0.2, 0.25) is 0 Å². The Morgan fingerprint density at radius 1 is 1.26 bits per heavy atom. The maximum atomic E-state index is 8.80. The molecule has 1 aromatic heterocycles. The van der Waals surface area contributed by atoms with Crippen LogP contribution >= 0.6 is 0 Å². The quantitative estimate of drug-likeness (QED) is 0.838. The van der Waals surface area contributed by atoms with Crippen molar-refractivity contribution < 1.29 is 4.74 Å². The molecule has 0 saturated heterocycles. The van der Waals surface area contributed by atoms with E-state index in [4.69, 9.17) is 10.00 Å². The summed E-state index contributed by atoms with van der Waals surface area (Å²) in [5, 5.41) is 8.80. The molecule has 2 rings (SSSR count). The first-order valence-electron chi connectivity index (χ1n) is 5.88. The smallest absolute Gasteiger partial charge is 0.318 e. The number of benzene rings is 1. The fraction of sp³-hybridized carbons (Fsp3) is 0.133. The summed E-state index contributed by atoms with van der Waals surface area (Å²) in [4.78, 5) is 8.08. The van der Waals surface area contributed by atoms with Gasteiger partial charge in [0.1, 0.15) is 18.4 Å². The second kappa shape index (κ2) is 6.31. The van der Waals surface area contributed by atoms with E-state index >= 15 is 0 Å². The summed E-state index contributed by atoms with van der Waals surface area (Å²) >= 11 is 0. The van der Waals surface area contributed by atoms with Crippen LogP contribution in [0.5, 0.6) is 6.01 Å². The predicted molar refractivity (Wildman–Crippen MR) is 72.5 cm³/mol. The number of hydrogen-bond donors (Lipinski definition) is 0. The Bertz CT molecular complexity index is 615. The summed E-state index contributed by atoms with van der Waals surface area (Å²) in [6, 6.07) is 13.8. The van der Waals surface area contributed by atoms with Crippen LogP contribution in [0.15, 0.2) is 42.5 Å². The Hall–Kier alpha value is -2.67. The minimum atomic E-state index is 0.231. The molecule has 1 aromatic carbocycles. The lowest BCUT2D eigenvalue weighted by atomic mass is 10.2. The van der Waals surface area contributed by atoms with Crippen molar-refractivity contribution in [2.75, 3.05) is 6.61 Å². The molecule has 0 aliphatic heterocycles. The highest BCUT2D eigenvalue weighted by molar-refractivity contribution is 5.48. The lowest BCUT2D eigenvalue weighted by Crippen LogP contribution is -2.01. The number of hydrogen-bond acceptors (Lipinski definition) is 4. The van der Waals surface area contributed by atoms with Gasteiger partial charge in [-0.2, -0.15) is 10.2 Å². The van der Waals surface area contributed by atoms with Gasteiger partial charge in [-0.05, 0) is 24.6 Å². The Balaban J connectivity index is 1.95. The molecule has 0 atom stereocenters. The van der Waals surface area contributed by atoms with Crippen LogP contribution < -0.4 is 4.74 Å². The molecule has 4 heteroatoms. The van der Waals surface area contributed by atoms with Gasteiger partial charge in [0.2, 0.25) is 0 Å². The molecule has 94 valence electrons. The SMILES string of the molecule is Cc1cc(C#N)nc(OC/C=C/c2ccccc2)n1. The molecule has 0 fully saturated rings. The maximum absolute atomic E-state index is 8.80. The molecule has 0 saturated carbocycles. The normalized spacial score (nSPS) is 10.3. The molecule has 0 bridgehead atoms. The number of aryl methyl sites for hydroxylation is 1. The van der Waals surface area contributed by atoms with Crippen molar-refractivity contribution in [3.63, 3.8) is 0 Å². The summed E-state index contributed by atoms with van der Waals surface area (Å²) in [7, 11) is 0.